The Bertz CT molecular complexity index is 395. The first-order valence-corrected chi connectivity index (χ1v) is 7.06. The van der Waals surface area contributed by atoms with Gasteiger partial charge in [0, 0.05) is 49.9 Å². The van der Waals surface area contributed by atoms with Crippen molar-refractivity contribution < 1.29 is 10.2 Å². The Labute approximate surface area is 119 Å². The second-order valence-electron chi connectivity index (χ2n) is 4.90. The quantitative estimate of drug-likeness (QED) is 0.846. The summed E-state index contributed by atoms with van der Waals surface area (Å²) in [6, 6.07) is 7.43. The van der Waals surface area contributed by atoms with Gasteiger partial charge in [0.15, 0.2) is 0 Å². The molecule has 1 fully saturated rings. The average molecular weight is 285 g/mol. The van der Waals surface area contributed by atoms with E-state index in [1.807, 2.05) is 18.2 Å². The summed E-state index contributed by atoms with van der Waals surface area (Å²) < 4.78 is 0. The van der Waals surface area contributed by atoms with Crippen molar-refractivity contribution in [2.24, 2.45) is 0 Å². The molecule has 1 aliphatic heterocycles. The van der Waals surface area contributed by atoms with E-state index in [1.165, 1.54) is 0 Å². The van der Waals surface area contributed by atoms with E-state index in [1.54, 1.807) is 6.07 Å². The third-order valence-corrected chi connectivity index (χ3v) is 3.92. The van der Waals surface area contributed by atoms with Crippen LogP contribution in [-0.4, -0.2) is 65.9 Å². The molecule has 1 aromatic rings. The fraction of sp³-hybridized carbons (Fsp3) is 0.571. The van der Waals surface area contributed by atoms with Crippen molar-refractivity contribution in [1.29, 1.82) is 0 Å². The van der Waals surface area contributed by atoms with E-state index in [9.17, 15) is 5.11 Å². The molecule has 1 atom stereocenters. The number of rotatable bonds is 5. The molecule has 2 rings (SSSR count). The molecule has 1 aliphatic rings. The van der Waals surface area contributed by atoms with Crippen LogP contribution in [0, 0.1) is 0 Å². The minimum Gasteiger partial charge on any atom is -0.395 e. The van der Waals surface area contributed by atoms with Gasteiger partial charge in [0.1, 0.15) is 0 Å². The maximum atomic E-state index is 10.2. The predicted molar refractivity (Wildman–Crippen MR) is 76.4 cm³/mol. The van der Waals surface area contributed by atoms with Crippen LogP contribution >= 0.6 is 11.6 Å². The molecule has 1 saturated heterocycles. The highest BCUT2D eigenvalue weighted by Crippen LogP contribution is 2.23. The summed E-state index contributed by atoms with van der Waals surface area (Å²) in [5, 5.41) is 19.8. The zero-order valence-electron chi connectivity index (χ0n) is 11.0. The van der Waals surface area contributed by atoms with Crippen LogP contribution in [0.5, 0.6) is 0 Å². The van der Waals surface area contributed by atoms with E-state index in [0.717, 1.165) is 38.3 Å². The Kier molecular flexibility index (Phi) is 5.60. The van der Waals surface area contributed by atoms with Gasteiger partial charge >= 0.3 is 0 Å². The number of nitrogens with zero attached hydrogens (tertiary/aromatic N) is 2. The SMILES string of the molecule is OCCN1CCN(C[C@@H](O)c2ccccc2Cl)CC1. The van der Waals surface area contributed by atoms with Gasteiger partial charge in [-0.05, 0) is 6.07 Å². The lowest BCUT2D eigenvalue weighted by molar-refractivity contribution is 0.0661. The van der Waals surface area contributed by atoms with Gasteiger partial charge in [-0.15, -0.1) is 0 Å². The van der Waals surface area contributed by atoms with E-state index in [-0.39, 0.29) is 6.61 Å². The van der Waals surface area contributed by atoms with Crippen LogP contribution in [0.2, 0.25) is 5.02 Å². The fourth-order valence-electron chi connectivity index (χ4n) is 2.43. The molecule has 0 aromatic heterocycles. The normalized spacial score (nSPS) is 19.5. The summed E-state index contributed by atoms with van der Waals surface area (Å²) in [5.74, 6) is 0. The smallest absolute Gasteiger partial charge is 0.0931 e. The molecule has 2 N–H and O–H groups in total. The van der Waals surface area contributed by atoms with Gasteiger partial charge in [0.2, 0.25) is 0 Å². The van der Waals surface area contributed by atoms with Crippen LogP contribution in [0.25, 0.3) is 0 Å². The molecule has 1 aromatic carbocycles. The van der Waals surface area contributed by atoms with Crippen molar-refractivity contribution in [1.82, 2.24) is 9.80 Å². The second kappa shape index (κ2) is 7.22. The third-order valence-electron chi connectivity index (χ3n) is 3.58. The summed E-state index contributed by atoms with van der Waals surface area (Å²) in [4.78, 5) is 4.47. The highest BCUT2D eigenvalue weighted by molar-refractivity contribution is 6.31. The summed E-state index contributed by atoms with van der Waals surface area (Å²) in [5.41, 5.74) is 0.793. The summed E-state index contributed by atoms with van der Waals surface area (Å²) in [7, 11) is 0. The van der Waals surface area contributed by atoms with Crippen molar-refractivity contribution >= 4 is 11.6 Å². The number of aliphatic hydroxyl groups excluding tert-OH is 2. The molecule has 0 aliphatic carbocycles. The van der Waals surface area contributed by atoms with Crippen molar-refractivity contribution in [3.8, 4) is 0 Å². The lowest BCUT2D eigenvalue weighted by atomic mass is 10.1. The van der Waals surface area contributed by atoms with Crippen molar-refractivity contribution in [2.75, 3.05) is 45.9 Å². The maximum absolute atomic E-state index is 10.2. The van der Waals surface area contributed by atoms with Crippen LogP contribution < -0.4 is 0 Å². The molecular weight excluding hydrogens is 264 g/mol. The first kappa shape index (κ1) is 14.8. The molecule has 1 heterocycles. The summed E-state index contributed by atoms with van der Waals surface area (Å²) >= 11 is 6.09. The number of piperazine rings is 1. The van der Waals surface area contributed by atoms with Crippen LogP contribution in [0.15, 0.2) is 24.3 Å². The largest absolute Gasteiger partial charge is 0.395 e. The average Bonchev–Trinajstić information content (AvgIpc) is 2.42. The van der Waals surface area contributed by atoms with Gasteiger partial charge in [-0.2, -0.15) is 0 Å². The van der Waals surface area contributed by atoms with Crippen molar-refractivity contribution in [2.45, 2.75) is 6.10 Å². The predicted octanol–water partition coefficient (Wildman–Crippen LogP) is 0.983. The summed E-state index contributed by atoms with van der Waals surface area (Å²) in [6.45, 7) is 5.27. The van der Waals surface area contributed by atoms with Gasteiger partial charge in [-0.3, -0.25) is 9.80 Å². The van der Waals surface area contributed by atoms with Crippen LogP contribution in [0.1, 0.15) is 11.7 Å². The number of benzene rings is 1. The highest BCUT2D eigenvalue weighted by atomic mass is 35.5. The minimum absolute atomic E-state index is 0.211. The molecule has 0 saturated carbocycles. The number of hydrogen-bond donors (Lipinski definition) is 2. The third kappa shape index (κ3) is 4.16. The first-order valence-electron chi connectivity index (χ1n) is 6.69. The number of aliphatic hydroxyl groups is 2. The molecule has 4 nitrogen and oxygen atoms in total. The lowest BCUT2D eigenvalue weighted by Crippen LogP contribution is -2.48. The van der Waals surface area contributed by atoms with E-state index in [0.29, 0.717) is 11.6 Å². The van der Waals surface area contributed by atoms with Crippen LogP contribution in [0.3, 0.4) is 0 Å². The standard InChI is InChI=1S/C14H21ClN2O2/c15-13-4-2-1-3-12(13)14(19)11-17-7-5-16(6-8-17)9-10-18/h1-4,14,18-19H,5-11H2/t14-/m1/s1. The van der Waals surface area contributed by atoms with Gasteiger partial charge in [-0.25, -0.2) is 0 Å². The molecular formula is C14H21ClN2O2. The molecule has 19 heavy (non-hydrogen) atoms. The first-order chi connectivity index (χ1) is 9.20. The lowest BCUT2D eigenvalue weighted by Gasteiger charge is -2.35. The van der Waals surface area contributed by atoms with E-state index in [2.05, 4.69) is 9.80 Å². The Morgan fingerprint density at radius 1 is 1.11 bits per heavy atom. The Morgan fingerprint density at radius 3 is 2.37 bits per heavy atom. The van der Waals surface area contributed by atoms with E-state index < -0.39 is 6.10 Å². The molecule has 0 bridgehead atoms. The Hall–Kier alpha value is -0.650. The van der Waals surface area contributed by atoms with Gasteiger partial charge in [-0.1, -0.05) is 29.8 Å². The van der Waals surface area contributed by atoms with Gasteiger partial charge in [0.05, 0.1) is 12.7 Å². The molecule has 0 amide bonds. The van der Waals surface area contributed by atoms with Gasteiger partial charge < -0.3 is 10.2 Å². The molecule has 0 unspecified atom stereocenters. The molecule has 0 spiro atoms. The molecule has 5 heteroatoms. The second-order valence-corrected chi connectivity index (χ2v) is 5.31. The fourth-order valence-corrected chi connectivity index (χ4v) is 2.69. The number of hydrogen-bond acceptors (Lipinski definition) is 4. The zero-order chi connectivity index (χ0) is 13.7. The maximum Gasteiger partial charge on any atom is 0.0931 e. The van der Waals surface area contributed by atoms with Crippen molar-refractivity contribution in [3.63, 3.8) is 0 Å². The van der Waals surface area contributed by atoms with Gasteiger partial charge in [0.25, 0.3) is 0 Å². The number of β-amino-alcohol motifs (C(OH)–C–C–N with tert-alkyl or cyclic N) is 2. The van der Waals surface area contributed by atoms with Crippen molar-refractivity contribution in [3.05, 3.63) is 34.9 Å². The monoisotopic (exact) mass is 284 g/mol. The summed E-state index contributed by atoms with van der Waals surface area (Å²) in [6.07, 6.45) is -0.543. The van der Waals surface area contributed by atoms with Crippen LogP contribution in [-0.2, 0) is 0 Å². The minimum atomic E-state index is -0.543. The van der Waals surface area contributed by atoms with Crippen LogP contribution in [0.4, 0.5) is 0 Å². The topological polar surface area (TPSA) is 46.9 Å². The highest BCUT2D eigenvalue weighted by Gasteiger charge is 2.20. The zero-order valence-corrected chi connectivity index (χ0v) is 11.8. The van der Waals surface area contributed by atoms with E-state index >= 15 is 0 Å². The van der Waals surface area contributed by atoms with E-state index in [4.69, 9.17) is 16.7 Å². The number of halogens is 1. The molecule has 106 valence electrons. The molecule has 0 radical (unpaired) electrons. The Balaban J connectivity index is 1.84. The Morgan fingerprint density at radius 2 is 1.74 bits per heavy atom.